The average Bonchev–Trinajstić information content (AvgIpc) is 2.55. The molecule has 1 N–H and O–H groups in total. The maximum Gasteiger partial charge on any atom is 0.217 e. The summed E-state index contributed by atoms with van der Waals surface area (Å²) in [7, 11) is 0. The number of benzene rings is 2. The van der Waals surface area contributed by atoms with Gasteiger partial charge >= 0.3 is 0 Å². The highest BCUT2D eigenvalue weighted by Gasteiger charge is 2.34. The number of carbonyl (C=O) groups is 3. The smallest absolute Gasteiger partial charge is 0.217 e. The second kappa shape index (κ2) is 7.88. The third kappa shape index (κ3) is 4.30. The fourth-order valence-electron chi connectivity index (χ4n) is 2.60. The monoisotopic (exact) mass is 343 g/mol. The predicted octanol–water partition coefficient (Wildman–Crippen LogP) is 3.61. The summed E-state index contributed by atoms with van der Waals surface area (Å²) in [5.74, 6) is -1.95. The minimum atomic E-state index is -1.00. The molecule has 0 aromatic heterocycles. The summed E-state index contributed by atoms with van der Waals surface area (Å²) < 4.78 is 0. The van der Waals surface area contributed by atoms with Crippen molar-refractivity contribution in [1.29, 1.82) is 0 Å². The van der Waals surface area contributed by atoms with Gasteiger partial charge in [0.2, 0.25) is 5.91 Å². The fourth-order valence-corrected chi connectivity index (χ4v) is 2.73. The van der Waals surface area contributed by atoms with Crippen LogP contribution in [0.3, 0.4) is 0 Å². The number of hydrogen-bond acceptors (Lipinski definition) is 3. The second-order valence-corrected chi connectivity index (χ2v) is 5.98. The molecule has 5 heteroatoms. The molecule has 0 bridgehead atoms. The van der Waals surface area contributed by atoms with E-state index in [1.165, 1.54) is 13.8 Å². The van der Waals surface area contributed by atoms with E-state index in [1.807, 2.05) is 0 Å². The van der Waals surface area contributed by atoms with Gasteiger partial charge in [-0.25, -0.2) is 0 Å². The quantitative estimate of drug-likeness (QED) is 0.643. The zero-order valence-electron chi connectivity index (χ0n) is 13.5. The van der Waals surface area contributed by atoms with Crippen molar-refractivity contribution in [1.82, 2.24) is 5.32 Å². The lowest BCUT2D eigenvalue weighted by Gasteiger charge is -2.25. The number of rotatable bonds is 6. The second-order valence-electron chi connectivity index (χ2n) is 5.55. The van der Waals surface area contributed by atoms with Crippen LogP contribution in [0.25, 0.3) is 0 Å². The van der Waals surface area contributed by atoms with Crippen LogP contribution in [0.5, 0.6) is 0 Å². The zero-order chi connectivity index (χ0) is 17.7. The first kappa shape index (κ1) is 17.9. The van der Waals surface area contributed by atoms with Crippen molar-refractivity contribution in [2.45, 2.75) is 19.9 Å². The molecule has 124 valence electrons. The highest BCUT2D eigenvalue weighted by molar-refractivity contribution is 6.30. The molecule has 0 aliphatic rings. The third-order valence-electron chi connectivity index (χ3n) is 3.70. The summed E-state index contributed by atoms with van der Waals surface area (Å²) in [6.45, 7) is 2.71. The van der Waals surface area contributed by atoms with E-state index in [2.05, 4.69) is 5.32 Å². The van der Waals surface area contributed by atoms with Crippen LogP contribution in [0.15, 0.2) is 54.6 Å². The first-order valence-electron chi connectivity index (χ1n) is 7.52. The highest BCUT2D eigenvalue weighted by atomic mass is 35.5. The Morgan fingerprint density at radius 3 is 2.00 bits per heavy atom. The van der Waals surface area contributed by atoms with Crippen molar-refractivity contribution in [3.05, 3.63) is 70.7 Å². The van der Waals surface area contributed by atoms with Gasteiger partial charge in [-0.05, 0) is 24.6 Å². The van der Waals surface area contributed by atoms with E-state index in [-0.39, 0.29) is 17.5 Å². The van der Waals surface area contributed by atoms with Crippen molar-refractivity contribution in [2.24, 2.45) is 5.92 Å². The summed E-state index contributed by atoms with van der Waals surface area (Å²) in [5.41, 5.74) is 1.08. The minimum absolute atomic E-state index is 0.308. The Hall–Kier alpha value is -2.46. The molecule has 0 aliphatic carbocycles. The first-order valence-corrected chi connectivity index (χ1v) is 7.90. The van der Waals surface area contributed by atoms with E-state index in [0.29, 0.717) is 16.1 Å². The number of hydrogen-bond donors (Lipinski definition) is 1. The normalized spacial score (nSPS) is 13.0. The van der Waals surface area contributed by atoms with Crippen LogP contribution in [0, 0.1) is 5.92 Å². The van der Waals surface area contributed by atoms with Gasteiger partial charge in [0, 0.05) is 17.5 Å². The Morgan fingerprint density at radius 2 is 1.50 bits per heavy atom. The molecule has 0 aliphatic heterocycles. The minimum Gasteiger partial charge on any atom is -0.348 e. The fraction of sp³-hybridized carbons (Fsp3) is 0.211. The maximum atomic E-state index is 12.9. The van der Waals surface area contributed by atoms with E-state index >= 15 is 0 Å². The summed E-state index contributed by atoms with van der Waals surface area (Å²) in [5, 5.41) is 3.26. The molecule has 0 radical (unpaired) electrons. The Balaban J connectivity index is 2.46. The lowest BCUT2D eigenvalue weighted by molar-refractivity contribution is -0.122. The summed E-state index contributed by atoms with van der Waals surface area (Å²) >= 11 is 5.90. The van der Waals surface area contributed by atoms with Gasteiger partial charge in [0.05, 0.1) is 6.04 Å². The lowest BCUT2D eigenvalue weighted by atomic mass is 9.84. The molecule has 2 atom stereocenters. The van der Waals surface area contributed by atoms with E-state index < -0.39 is 12.0 Å². The van der Waals surface area contributed by atoms with Gasteiger partial charge in [-0.2, -0.15) is 0 Å². The van der Waals surface area contributed by atoms with Crippen molar-refractivity contribution in [2.75, 3.05) is 0 Å². The van der Waals surface area contributed by atoms with Gasteiger partial charge in [0.25, 0.3) is 0 Å². The Labute approximate surface area is 145 Å². The number of carbonyl (C=O) groups excluding carboxylic acids is 3. The van der Waals surface area contributed by atoms with Gasteiger partial charge in [-0.3, -0.25) is 14.4 Å². The Kier molecular flexibility index (Phi) is 5.88. The molecule has 24 heavy (non-hydrogen) atoms. The molecular formula is C19H18ClNO3. The Morgan fingerprint density at radius 1 is 0.917 bits per heavy atom. The zero-order valence-corrected chi connectivity index (χ0v) is 14.2. The van der Waals surface area contributed by atoms with Crippen molar-refractivity contribution >= 4 is 29.1 Å². The first-order chi connectivity index (χ1) is 11.4. The largest absolute Gasteiger partial charge is 0.348 e. The maximum absolute atomic E-state index is 12.9. The van der Waals surface area contributed by atoms with Crippen molar-refractivity contribution in [3.8, 4) is 0 Å². The molecule has 2 unspecified atom stereocenters. The topological polar surface area (TPSA) is 63.2 Å². The predicted molar refractivity (Wildman–Crippen MR) is 93.0 cm³/mol. The third-order valence-corrected chi connectivity index (χ3v) is 3.95. The van der Waals surface area contributed by atoms with Crippen LogP contribution in [0.4, 0.5) is 0 Å². The summed E-state index contributed by atoms with van der Waals surface area (Å²) in [4.78, 5) is 36.7. The van der Waals surface area contributed by atoms with E-state index in [4.69, 9.17) is 11.6 Å². The van der Waals surface area contributed by atoms with E-state index in [9.17, 15) is 14.4 Å². The highest BCUT2D eigenvalue weighted by Crippen LogP contribution is 2.27. The Bertz CT molecular complexity index is 741. The van der Waals surface area contributed by atoms with E-state index in [1.54, 1.807) is 54.6 Å². The molecule has 1 amide bonds. The molecule has 2 aromatic carbocycles. The average molecular weight is 344 g/mol. The molecule has 0 spiro atoms. The van der Waals surface area contributed by atoms with Gasteiger partial charge in [-0.1, -0.05) is 54.1 Å². The lowest BCUT2D eigenvalue weighted by Crippen LogP contribution is -2.39. The molecule has 0 saturated carbocycles. The molecule has 0 saturated heterocycles. The van der Waals surface area contributed by atoms with Crippen LogP contribution in [0.1, 0.15) is 35.8 Å². The van der Waals surface area contributed by atoms with Crippen LogP contribution in [0.2, 0.25) is 5.02 Å². The van der Waals surface area contributed by atoms with Crippen LogP contribution in [-0.2, 0) is 9.59 Å². The molecular weight excluding hydrogens is 326 g/mol. The van der Waals surface area contributed by atoms with Gasteiger partial charge in [0.15, 0.2) is 5.78 Å². The number of nitrogens with one attached hydrogen (secondary N) is 1. The summed E-state index contributed by atoms with van der Waals surface area (Å²) in [6, 6.07) is 14.6. The van der Waals surface area contributed by atoms with Gasteiger partial charge in [0.1, 0.15) is 11.7 Å². The molecule has 2 aromatic rings. The molecule has 0 heterocycles. The van der Waals surface area contributed by atoms with Gasteiger partial charge < -0.3 is 5.32 Å². The van der Waals surface area contributed by atoms with Crippen molar-refractivity contribution < 1.29 is 14.4 Å². The number of Topliss-reactive ketones (excluding diaryl/α,β-unsaturated/α-hetero) is 2. The number of amides is 1. The molecule has 2 rings (SSSR count). The van der Waals surface area contributed by atoms with Crippen molar-refractivity contribution in [3.63, 3.8) is 0 Å². The molecule has 0 fully saturated rings. The SMILES string of the molecule is CC(=O)NC(c1ccc(Cl)cc1)C(C(C)=O)C(=O)c1ccccc1. The molecule has 4 nitrogen and oxygen atoms in total. The van der Waals surface area contributed by atoms with Crippen LogP contribution >= 0.6 is 11.6 Å². The van der Waals surface area contributed by atoms with Crippen LogP contribution in [-0.4, -0.2) is 17.5 Å². The van der Waals surface area contributed by atoms with Gasteiger partial charge in [-0.15, -0.1) is 0 Å². The number of halogens is 1. The van der Waals surface area contributed by atoms with E-state index in [0.717, 1.165) is 0 Å². The standard InChI is InChI=1S/C19H18ClNO3/c1-12(22)17(19(24)15-6-4-3-5-7-15)18(21-13(2)23)14-8-10-16(20)11-9-14/h3-11,17-18H,1-2H3,(H,21,23). The van der Waals surface area contributed by atoms with Crippen LogP contribution < -0.4 is 5.32 Å². The summed E-state index contributed by atoms with van der Waals surface area (Å²) in [6.07, 6.45) is 0. The number of ketones is 2.